The molecule has 0 fully saturated rings. The fourth-order valence-corrected chi connectivity index (χ4v) is 3.75. The number of carbonyl (C=O) groups is 2. The Labute approximate surface area is 123 Å². The van der Waals surface area contributed by atoms with Gasteiger partial charge in [-0.05, 0) is 35.3 Å². The molecule has 0 radical (unpaired) electrons. The standard InChI is InChI=1S/C15H6ClNO2S/c16-15(19)10-6-5-9-11-12(17-20-14(10)11)7-3-1-2-4-8(7)13(9)18/h1-6H. The lowest BCUT2D eigenvalue weighted by Gasteiger charge is -2.14. The van der Waals surface area contributed by atoms with Gasteiger partial charge in [-0.1, -0.05) is 24.3 Å². The first-order chi connectivity index (χ1) is 9.68. The third-order valence-corrected chi connectivity index (χ3v) is 4.59. The minimum absolute atomic E-state index is 0.0353. The van der Waals surface area contributed by atoms with Crippen LogP contribution in [0.5, 0.6) is 0 Å². The molecule has 3 aromatic rings. The van der Waals surface area contributed by atoms with Crippen LogP contribution in [0.1, 0.15) is 26.3 Å². The van der Waals surface area contributed by atoms with Gasteiger partial charge in [0, 0.05) is 22.1 Å². The number of fused-ring (bicyclic) bond motifs is 2. The van der Waals surface area contributed by atoms with Crippen molar-refractivity contribution in [2.45, 2.75) is 0 Å². The lowest BCUT2D eigenvalue weighted by atomic mass is 9.87. The molecule has 2 aromatic carbocycles. The highest BCUT2D eigenvalue weighted by molar-refractivity contribution is 7.14. The highest BCUT2D eigenvalue weighted by atomic mass is 35.5. The van der Waals surface area contributed by atoms with E-state index in [1.807, 2.05) is 18.2 Å². The number of rotatable bonds is 1. The number of hydrogen-bond acceptors (Lipinski definition) is 4. The van der Waals surface area contributed by atoms with E-state index in [2.05, 4.69) is 4.37 Å². The summed E-state index contributed by atoms with van der Waals surface area (Å²) in [4.78, 5) is 24.0. The molecule has 0 saturated heterocycles. The molecule has 1 aliphatic rings. The van der Waals surface area contributed by atoms with E-state index < -0.39 is 5.24 Å². The van der Waals surface area contributed by atoms with Gasteiger partial charge in [-0.25, -0.2) is 0 Å². The number of benzene rings is 2. The molecule has 0 atom stereocenters. The second kappa shape index (κ2) is 3.98. The number of aromatic nitrogens is 1. The number of hydrogen-bond donors (Lipinski definition) is 0. The normalized spacial score (nSPS) is 12.6. The molecule has 1 aromatic heterocycles. The molecule has 0 aliphatic heterocycles. The summed E-state index contributed by atoms with van der Waals surface area (Å²) in [5, 5.41) is 0.211. The third-order valence-electron chi connectivity index (χ3n) is 3.51. The second-order valence-electron chi connectivity index (χ2n) is 4.54. The Hall–Kier alpha value is -2.04. The maximum atomic E-state index is 12.5. The number of ketones is 1. The minimum Gasteiger partial charge on any atom is -0.289 e. The summed E-state index contributed by atoms with van der Waals surface area (Å²) in [6.07, 6.45) is 0. The summed E-state index contributed by atoms with van der Waals surface area (Å²) in [5.41, 5.74) is 3.22. The molecule has 0 spiro atoms. The molecule has 0 saturated carbocycles. The number of halogens is 1. The smallest absolute Gasteiger partial charge is 0.253 e. The maximum absolute atomic E-state index is 12.5. The Morgan fingerprint density at radius 1 is 1.05 bits per heavy atom. The van der Waals surface area contributed by atoms with Gasteiger partial charge >= 0.3 is 0 Å². The van der Waals surface area contributed by atoms with Crippen molar-refractivity contribution in [3.63, 3.8) is 0 Å². The van der Waals surface area contributed by atoms with Gasteiger partial charge in [0.15, 0.2) is 5.78 Å². The molecular weight excluding hydrogens is 294 g/mol. The van der Waals surface area contributed by atoms with E-state index >= 15 is 0 Å². The van der Waals surface area contributed by atoms with Gasteiger partial charge in [0.2, 0.25) is 0 Å². The summed E-state index contributed by atoms with van der Waals surface area (Å²) in [6, 6.07) is 10.6. The van der Waals surface area contributed by atoms with Crippen LogP contribution in [0, 0.1) is 0 Å². The van der Waals surface area contributed by atoms with Gasteiger partial charge in [-0.15, -0.1) is 0 Å². The predicted molar refractivity (Wildman–Crippen MR) is 78.7 cm³/mol. The van der Waals surface area contributed by atoms with Crippen molar-refractivity contribution in [2.75, 3.05) is 0 Å². The maximum Gasteiger partial charge on any atom is 0.253 e. The SMILES string of the molecule is O=C(Cl)c1ccc2c3c(nsc13)-c1ccccc1C2=O. The largest absolute Gasteiger partial charge is 0.289 e. The van der Waals surface area contributed by atoms with Gasteiger partial charge in [0.1, 0.15) is 0 Å². The fraction of sp³-hybridized carbons (Fsp3) is 0. The zero-order chi connectivity index (χ0) is 13.9. The Bertz CT molecular complexity index is 913. The first-order valence-corrected chi connectivity index (χ1v) is 7.10. The monoisotopic (exact) mass is 299 g/mol. The van der Waals surface area contributed by atoms with Crippen molar-refractivity contribution in [1.82, 2.24) is 4.37 Å². The van der Waals surface area contributed by atoms with Crippen LogP contribution >= 0.6 is 23.1 Å². The van der Waals surface area contributed by atoms with E-state index in [1.165, 1.54) is 11.5 Å². The summed E-state index contributed by atoms with van der Waals surface area (Å²) >= 11 is 6.80. The highest BCUT2D eigenvalue weighted by Gasteiger charge is 2.28. The first-order valence-electron chi connectivity index (χ1n) is 5.95. The second-order valence-corrected chi connectivity index (χ2v) is 5.66. The zero-order valence-electron chi connectivity index (χ0n) is 10.0. The van der Waals surface area contributed by atoms with E-state index in [0.717, 1.165) is 16.6 Å². The average Bonchev–Trinajstić information content (AvgIpc) is 2.89. The fourth-order valence-electron chi connectivity index (χ4n) is 2.61. The Kier molecular flexibility index (Phi) is 2.34. The quantitative estimate of drug-likeness (QED) is 0.501. The van der Waals surface area contributed by atoms with Gasteiger partial charge < -0.3 is 0 Å². The summed E-state index contributed by atoms with van der Waals surface area (Å²) in [7, 11) is 0. The topological polar surface area (TPSA) is 47.0 Å². The zero-order valence-corrected chi connectivity index (χ0v) is 11.6. The van der Waals surface area contributed by atoms with Crippen LogP contribution < -0.4 is 0 Å². The lowest BCUT2D eigenvalue weighted by molar-refractivity contribution is 0.103. The first kappa shape index (κ1) is 11.8. The number of nitrogens with zero attached hydrogens (tertiary/aromatic N) is 1. The third kappa shape index (κ3) is 1.38. The van der Waals surface area contributed by atoms with Crippen LogP contribution in [0.2, 0.25) is 0 Å². The molecule has 3 nitrogen and oxygen atoms in total. The van der Waals surface area contributed by atoms with Crippen molar-refractivity contribution < 1.29 is 9.59 Å². The van der Waals surface area contributed by atoms with E-state index in [9.17, 15) is 9.59 Å². The molecule has 0 N–H and O–H groups in total. The molecule has 0 unspecified atom stereocenters. The molecule has 4 rings (SSSR count). The van der Waals surface area contributed by atoms with Crippen molar-refractivity contribution in [3.8, 4) is 11.3 Å². The minimum atomic E-state index is -0.530. The molecule has 20 heavy (non-hydrogen) atoms. The van der Waals surface area contributed by atoms with Gasteiger partial charge in [0.25, 0.3) is 5.24 Å². The Morgan fingerprint density at radius 3 is 2.55 bits per heavy atom. The van der Waals surface area contributed by atoms with Crippen molar-refractivity contribution in [3.05, 3.63) is 53.1 Å². The van der Waals surface area contributed by atoms with Crippen LogP contribution in [0.25, 0.3) is 21.3 Å². The summed E-state index contributed by atoms with van der Waals surface area (Å²) in [6.45, 7) is 0. The number of carbonyl (C=O) groups excluding carboxylic acids is 2. The summed E-state index contributed by atoms with van der Waals surface area (Å²) < 4.78 is 5.10. The van der Waals surface area contributed by atoms with Crippen molar-refractivity contribution >= 4 is 44.2 Å². The van der Waals surface area contributed by atoms with Gasteiger partial charge in [-0.3, -0.25) is 9.59 Å². The Balaban J connectivity index is 2.20. The molecular formula is C15H6ClNO2S. The van der Waals surface area contributed by atoms with Crippen molar-refractivity contribution in [2.24, 2.45) is 0 Å². The molecule has 0 amide bonds. The Morgan fingerprint density at radius 2 is 1.80 bits per heavy atom. The van der Waals surface area contributed by atoms with E-state index in [-0.39, 0.29) is 5.78 Å². The van der Waals surface area contributed by atoms with Crippen LogP contribution in [-0.4, -0.2) is 15.4 Å². The van der Waals surface area contributed by atoms with Gasteiger partial charge in [0.05, 0.1) is 16.0 Å². The molecule has 1 heterocycles. The average molecular weight is 300 g/mol. The molecule has 96 valence electrons. The van der Waals surface area contributed by atoms with E-state index in [0.29, 0.717) is 21.4 Å². The predicted octanol–water partition coefficient (Wildman–Crippen LogP) is 3.89. The highest BCUT2D eigenvalue weighted by Crippen LogP contribution is 2.41. The van der Waals surface area contributed by atoms with E-state index in [4.69, 9.17) is 11.6 Å². The van der Waals surface area contributed by atoms with Crippen LogP contribution in [-0.2, 0) is 0 Å². The lowest BCUT2D eigenvalue weighted by Crippen LogP contribution is -2.09. The molecule has 0 bridgehead atoms. The van der Waals surface area contributed by atoms with Crippen LogP contribution in [0.3, 0.4) is 0 Å². The summed E-state index contributed by atoms with van der Waals surface area (Å²) in [5.74, 6) is -0.0353. The van der Waals surface area contributed by atoms with E-state index in [1.54, 1.807) is 18.2 Å². The molecule has 5 heteroatoms. The van der Waals surface area contributed by atoms with Crippen molar-refractivity contribution in [1.29, 1.82) is 0 Å². The van der Waals surface area contributed by atoms with Crippen LogP contribution in [0.15, 0.2) is 36.4 Å². The molecule has 1 aliphatic carbocycles. The van der Waals surface area contributed by atoms with Crippen LogP contribution in [0.4, 0.5) is 0 Å². The van der Waals surface area contributed by atoms with Gasteiger partial charge in [-0.2, -0.15) is 4.37 Å².